The van der Waals surface area contributed by atoms with Crippen molar-refractivity contribution in [3.63, 3.8) is 0 Å². The van der Waals surface area contributed by atoms with E-state index in [1.165, 1.54) is 0 Å². The Hall–Kier alpha value is -0.350. The Balaban J connectivity index is 3.54. The highest BCUT2D eigenvalue weighted by Crippen LogP contribution is 1.93. The predicted molar refractivity (Wildman–Crippen MR) is 53.0 cm³/mol. The van der Waals surface area contributed by atoms with Gasteiger partial charge in [0, 0.05) is 11.6 Å². The second kappa shape index (κ2) is 6.37. The first-order valence-corrected chi connectivity index (χ1v) is 4.25. The van der Waals surface area contributed by atoms with Crippen LogP contribution in [0.4, 0.5) is 0 Å². The predicted octanol–water partition coefficient (Wildman–Crippen LogP) is 1.21. The molecule has 0 aliphatic rings. The molecule has 0 aliphatic heterocycles. The summed E-state index contributed by atoms with van der Waals surface area (Å²) in [5.74, 6) is 0.653. The fraction of sp³-hybridized carbons (Fsp3) is 0.667. The summed E-state index contributed by atoms with van der Waals surface area (Å²) < 4.78 is 0. The molecule has 0 saturated heterocycles. The second-order valence-electron chi connectivity index (χ2n) is 2.12. The molecule has 0 atom stereocenters. The third-order valence-electron chi connectivity index (χ3n) is 1.03. The quantitative estimate of drug-likeness (QED) is 0.306. The molecule has 0 saturated carbocycles. The number of hydrazone groups is 1. The maximum atomic E-state index is 5.48. The van der Waals surface area contributed by atoms with Gasteiger partial charge in [-0.05, 0) is 32.0 Å². The molecule has 0 unspecified atom stereocenters. The maximum Gasteiger partial charge on any atom is 0.184 e. The number of thiocarbonyl (C=S) groups is 1. The number of alkyl halides is 1. The normalized spacial score (nSPS) is 11.3. The van der Waals surface area contributed by atoms with Crippen molar-refractivity contribution in [2.24, 2.45) is 10.8 Å². The van der Waals surface area contributed by atoms with Crippen molar-refractivity contribution in [3.8, 4) is 0 Å². The molecule has 11 heavy (non-hydrogen) atoms. The minimum absolute atomic E-state index is 0.190. The monoisotopic (exact) mass is 193 g/mol. The standard InChI is InChI=1S/C6H12ClN3S/c1-5(3-2-4-7)9-10-6(8)11/h2-4H2,1H3,(H3,8,10,11). The third kappa shape index (κ3) is 7.55. The van der Waals surface area contributed by atoms with Crippen molar-refractivity contribution in [1.29, 1.82) is 0 Å². The summed E-state index contributed by atoms with van der Waals surface area (Å²) in [7, 11) is 0. The van der Waals surface area contributed by atoms with Gasteiger partial charge in [0.15, 0.2) is 5.11 Å². The van der Waals surface area contributed by atoms with Crippen LogP contribution in [0.15, 0.2) is 5.10 Å². The Bertz CT molecular complexity index is 158. The van der Waals surface area contributed by atoms with E-state index < -0.39 is 0 Å². The lowest BCUT2D eigenvalue weighted by Crippen LogP contribution is -2.25. The van der Waals surface area contributed by atoms with Crippen LogP contribution in [-0.4, -0.2) is 16.7 Å². The van der Waals surface area contributed by atoms with Crippen molar-refractivity contribution >= 4 is 34.6 Å². The first-order valence-electron chi connectivity index (χ1n) is 3.31. The van der Waals surface area contributed by atoms with Crippen LogP contribution >= 0.6 is 23.8 Å². The lowest BCUT2D eigenvalue weighted by molar-refractivity contribution is 0.951. The van der Waals surface area contributed by atoms with Gasteiger partial charge < -0.3 is 5.73 Å². The van der Waals surface area contributed by atoms with Gasteiger partial charge in [0.1, 0.15) is 0 Å². The molecule has 0 spiro atoms. The average Bonchev–Trinajstić information content (AvgIpc) is 1.97. The lowest BCUT2D eigenvalue weighted by Gasteiger charge is -1.98. The largest absolute Gasteiger partial charge is 0.375 e. The summed E-state index contributed by atoms with van der Waals surface area (Å²) in [6, 6.07) is 0. The highest BCUT2D eigenvalue weighted by atomic mass is 35.5. The average molecular weight is 194 g/mol. The number of rotatable bonds is 4. The van der Waals surface area contributed by atoms with Crippen molar-refractivity contribution in [3.05, 3.63) is 0 Å². The smallest absolute Gasteiger partial charge is 0.184 e. The molecule has 0 amide bonds. The summed E-state index contributed by atoms with van der Waals surface area (Å²) in [6.07, 6.45) is 1.80. The summed E-state index contributed by atoms with van der Waals surface area (Å²) in [4.78, 5) is 0. The zero-order chi connectivity index (χ0) is 8.69. The van der Waals surface area contributed by atoms with E-state index in [9.17, 15) is 0 Å². The molecule has 0 radical (unpaired) electrons. The molecule has 0 rings (SSSR count). The molecule has 64 valence electrons. The van der Waals surface area contributed by atoms with Crippen LogP contribution in [-0.2, 0) is 0 Å². The van der Waals surface area contributed by atoms with Gasteiger partial charge in [-0.2, -0.15) is 5.10 Å². The highest BCUT2D eigenvalue weighted by Gasteiger charge is 1.90. The van der Waals surface area contributed by atoms with Crippen LogP contribution in [0.3, 0.4) is 0 Å². The van der Waals surface area contributed by atoms with Crippen LogP contribution in [0.25, 0.3) is 0 Å². The van der Waals surface area contributed by atoms with Gasteiger partial charge in [0.25, 0.3) is 0 Å². The Morgan fingerprint density at radius 2 is 2.36 bits per heavy atom. The van der Waals surface area contributed by atoms with Crippen molar-refractivity contribution < 1.29 is 0 Å². The summed E-state index contributed by atoms with van der Waals surface area (Å²) in [5, 5.41) is 4.09. The zero-order valence-corrected chi connectivity index (χ0v) is 8.00. The highest BCUT2D eigenvalue weighted by molar-refractivity contribution is 7.80. The van der Waals surface area contributed by atoms with E-state index >= 15 is 0 Å². The van der Waals surface area contributed by atoms with Crippen molar-refractivity contribution in [2.75, 3.05) is 5.88 Å². The Labute approximate surface area is 77.0 Å². The molecule has 3 N–H and O–H groups in total. The van der Waals surface area contributed by atoms with Gasteiger partial charge in [-0.1, -0.05) is 0 Å². The van der Waals surface area contributed by atoms with Crippen LogP contribution < -0.4 is 11.2 Å². The van der Waals surface area contributed by atoms with Crippen LogP contribution in [0.2, 0.25) is 0 Å². The Morgan fingerprint density at radius 1 is 1.73 bits per heavy atom. The van der Waals surface area contributed by atoms with Gasteiger partial charge >= 0.3 is 0 Å². The summed E-state index contributed by atoms with van der Waals surface area (Å²) >= 11 is 10.0. The minimum atomic E-state index is 0.190. The fourth-order valence-corrected chi connectivity index (χ4v) is 0.708. The minimum Gasteiger partial charge on any atom is -0.375 e. The van der Waals surface area contributed by atoms with Crippen LogP contribution in [0, 0.1) is 0 Å². The van der Waals surface area contributed by atoms with Gasteiger partial charge in [0.2, 0.25) is 0 Å². The van der Waals surface area contributed by atoms with Crippen molar-refractivity contribution in [1.82, 2.24) is 5.43 Å². The topological polar surface area (TPSA) is 50.4 Å². The molecule has 0 aliphatic carbocycles. The van der Waals surface area contributed by atoms with Crippen molar-refractivity contribution in [2.45, 2.75) is 19.8 Å². The molecule has 3 nitrogen and oxygen atoms in total. The van der Waals surface area contributed by atoms with E-state index in [1.807, 2.05) is 6.92 Å². The number of nitrogens with two attached hydrogens (primary N) is 1. The maximum absolute atomic E-state index is 5.48. The molecular formula is C6H12ClN3S. The Kier molecular flexibility index (Phi) is 6.16. The molecule has 0 aromatic carbocycles. The first kappa shape index (κ1) is 10.7. The molecular weight excluding hydrogens is 182 g/mol. The molecule has 5 heteroatoms. The fourth-order valence-electron chi connectivity index (χ4n) is 0.529. The number of hydrogen-bond acceptors (Lipinski definition) is 2. The second-order valence-corrected chi connectivity index (χ2v) is 2.93. The van der Waals surface area contributed by atoms with Gasteiger partial charge in [0.05, 0.1) is 0 Å². The molecule has 0 aromatic heterocycles. The van der Waals surface area contributed by atoms with Gasteiger partial charge in [-0.25, -0.2) is 0 Å². The van der Waals surface area contributed by atoms with E-state index in [2.05, 4.69) is 22.7 Å². The summed E-state index contributed by atoms with van der Waals surface area (Å²) in [5.41, 5.74) is 8.62. The number of nitrogens with one attached hydrogen (secondary N) is 1. The summed E-state index contributed by atoms with van der Waals surface area (Å²) in [6.45, 7) is 1.90. The van der Waals surface area contributed by atoms with Crippen LogP contribution in [0.1, 0.15) is 19.8 Å². The zero-order valence-electron chi connectivity index (χ0n) is 6.43. The van der Waals surface area contributed by atoms with Crippen LogP contribution in [0.5, 0.6) is 0 Å². The third-order valence-corrected chi connectivity index (χ3v) is 1.39. The number of halogens is 1. The lowest BCUT2D eigenvalue weighted by atomic mass is 10.2. The first-order chi connectivity index (χ1) is 5.16. The van der Waals surface area contributed by atoms with Gasteiger partial charge in [-0.15, -0.1) is 11.6 Å². The molecule has 0 bridgehead atoms. The van der Waals surface area contributed by atoms with E-state index in [-0.39, 0.29) is 5.11 Å². The number of nitrogens with zero attached hydrogens (tertiary/aromatic N) is 1. The molecule has 0 aromatic rings. The SMILES string of the molecule is CC(CCCCl)=NNC(N)=S. The Morgan fingerprint density at radius 3 is 2.82 bits per heavy atom. The van der Waals surface area contributed by atoms with E-state index in [0.717, 1.165) is 18.6 Å². The molecule has 0 fully saturated rings. The van der Waals surface area contributed by atoms with E-state index in [4.69, 9.17) is 17.3 Å². The van der Waals surface area contributed by atoms with E-state index in [1.54, 1.807) is 0 Å². The number of hydrogen-bond donors (Lipinski definition) is 2. The van der Waals surface area contributed by atoms with E-state index in [0.29, 0.717) is 5.88 Å². The molecule has 0 heterocycles. The van der Waals surface area contributed by atoms with Gasteiger partial charge in [-0.3, -0.25) is 5.43 Å².